The molecule has 9 heteroatoms. The summed E-state index contributed by atoms with van der Waals surface area (Å²) >= 11 is 0. The number of rotatable bonds is 62. The minimum atomic E-state index is -4.36. The molecule has 8 nitrogen and oxygen atoms in total. The Morgan fingerprint density at radius 3 is 1.10 bits per heavy atom. The van der Waals surface area contributed by atoms with Crippen molar-refractivity contribution in [3.05, 3.63) is 60.8 Å². The lowest BCUT2D eigenvalue weighted by Crippen LogP contribution is -2.45. The number of nitrogens with one attached hydrogen (secondary N) is 1. The maximum Gasteiger partial charge on any atom is 0.472 e. The zero-order chi connectivity index (χ0) is 57.0. The van der Waals surface area contributed by atoms with E-state index in [1.807, 2.05) is 27.2 Å². The van der Waals surface area contributed by atoms with E-state index in [0.717, 1.165) is 51.4 Å². The third-order valence-electron chi connectivity index (χ3n) is 15.2. The number of aliphatic hydroxyl groups is 1. The Morgan fingerprint density at radius 1 is 0.436 bits per heavy atom. The van der Waals surface area contributed by atoms with E-state index in [4.69, 9.17) is 9.05 Å². The van der Waals surface area contributed by atoms with Crippen molar-refractivity contribution in [3.63, 3.8) is 0 Å². The summed E-state index contributed by atoms with van der Waals surface area (Å²) in [5, 5.41) is 14.0. The van der Waals surface area contributed by atoms with Gasteiger partial charge in [-0.2, -0.15) is 0 Å². The van der Waals surface area contributed by atoms with Gasteiger partial charge in [0.2, 0.25) is 5.91 Å². The van der Waals surface area contributed by atoms with Crippen LogP contribution in [0.15, 0.2) is 60.8 Å². The van der Waals surface area contributed by atoms with E-state index in [9.17, 15) is 19.4 Å². The van der Waals surface area contributed by atoms with Crippen molar-refractivity contribution in [1.82, 2.24) is 5.32 Å². The van der Waals surface area contributed by atoms with Gasteiger partial charge in [0.15, 0.2) is 0 Å². The molecule has 0 saturated heterocycles. The number of hydrogen-bond donors (Lipinski definition) is 3. The van der Waals surface area contributed by atoms with Crippen LogP contribution in [-0.4, -0.2) is 73.4 Å². The summed E-state index contributed by atoms with van der Waals surface area (Å²) in [6.45, 7) is 4.81. The first-order chi connectivity index (χ1) is 38.0. The van der Waals surface area contributed by atoms with Crippen molar-refractivity contribution in [2.24, 2.45) is 0 Å². The molecule has 3 atom stereocenters. The van der Waals surface area contributed by atoms with Crippen molar-refractivity contribution in [2.75, 3.05) is 40.9 Å². The predicted molar refractivity (Wildman–Crippen MR) is 341 cm³/mol. The van der Waals surface area contributed by atoms with Crippen LogP contribution < -0.4 is 5.32 Å². The second kappa shape index (κ2) is 59.8. The van der Waals surface area contributed by atoms with E-state index in [2.05, 4.69) is 67.8 Å². The van der Waals surface area contributed by atoms with Gasteiger partial charge in [-0.1, -0.05) is 299 Å². The Hall–Kier alpha value is -1.80. The first-order valence-electron chi connectivity index (χ1n) is 33.7. The minimum Gasteiger partial charge on any atom is -0.387 e. The Kier molecular flexibility index (Phi) is 58.4. The van der Waals surface area contributed by atoms with Gasteiger partial charge in [-0.05, 0) is 77.0 Å². The van der Waals surface area contributed by atoms with E-state index >= 15 is 0 Å². The van der Waals surface area contributed by atoms with Gasteiger partial charge in [-0.25, -0.2) is 4.57 Å². The molecule has 0 saturated carbocycles. The molecule has 78 heavy (non-hydrogen) atoms. The third kappa shape index (κ3) is 61.8. The number of allylic oxidation sites excluding steroid dienone is 9. The largest absolute Gasteiger partial charge is 0.472 e. The molecule has 1 amide bonds. The lowest BCUT2D eigenvalue weighted by atomic mass is 10.0. The molecule has 3 unspecified atom stereocenters. The molecule has 3 N–H and O–H groups in total. The highest BCUT2D eigenvalue weighted by Gasteiger charge is 2.28. The molecular formula is C69H132N2O6P+. The number of aliphatic hydroxyl groups excluding tert-OH is 1. The number of quaternary nitrogens is 1. The van der Waals surface area contributed by atoms with Crippen LogP contribution in [0.25, 0.3) is 0 Å². The molecule has 0 heterocycles. The summed E-state index contributed by atoms with van der Waals surface area (Å²) in [4.78, 5) is 23.4. The normalized spacial score (nSPS) is 14.1. The number of unbranched alkanes of at least 4 members (excludes halogenated alkanes) is 41. The van der Waals surface area contributed by atoms with Gasteiger partial charge < -0.3 is 19.8 Å². The summed E-state index contributed by atoms with van der Waals surface area (Å²) in [6.07, 6.45) is 82.3. The first-order valence-corrected chi connectivity index (χ1v) is 35.2. The summed E-state index contributed by atoms with van der Waals surface area (Å²) in [5.74, 6) is -0.186. The summed E-state index contributed by atoms with van der Waals surface area (Å²) < 4.78 is 23.8. The van der Waals surface area contributed by atoms with E-state index in [-0.39, 0.29) is 19.1 Å². The van der Waals surface area contributed by atoms with Gasteiger partial charge in [0, 0.05) is 6.42 Å². The van der Waals surface area contributed by atoms with Crippen LogP contribution >= 0.6 is 7.82 Å². The average molecular weight is 1120 g/mol. The zero-order valence-electron chi connectivity index (χ0n) is 52.4. The zero-order valence-corrected chi connectivity index (χ0v) is 53.3. The molecule has 0 aliphatic rings. The summed E-state index contributed by atoms with van der Waals surface area (Å²) in [5.41, 5.74) is 0. The van der Waals surface area contributed by atoms with Crippen LogP contribution in [0.1, 0.15) is 322 Å². The maximum atomic E-state index is 13.0. The van der Waals surface area contributed by atoms with Crippen LogP contribution in [0.4, 0.5) is 0 Å². The van der Waals surface area contributed by atoms with Gasteiger partial charge in [-0.15, -0.1) is 0 Å². The van der Waals surface area contributed by atoms with Crippen LogP contribution in [0.3, 0.4) is 0 Å². The average Bonchev–Trinajstić information content (AvgIpc) is 3.41. The molecule has 0 aliphatic carbocycles. The second-order valence-corrected chi connectivity index (χ2v) is 25.6. The van der Waals surface area contributed by atoms with Crippen molar-refractivity contribution >= 4 is 13.7 Å². The standard InChI is InChI=1S/C69H131N2O6P/c1-6-8-10-12-14-16-18-20-22-24-26-28-29-30-31-32-33-34-35-36-37-38-39-40-41-43-45-47-49-51-53-55-57-59-61-63-69(73)70-67(66-77-78(74,75)76-65-64-71(3,4)5)68(72)62-60-58-56-54-52-50-48-46-44-42-27-25-23-21-19-17-15-13-11-9-7-2/h18,20,24,26,44,46,52,54,60,62,67-68,72H,6-17,19,21-23,25,27-43,45,47-51,53,55-59,61,63-66H2,1-5H3,(H-,70,73,74,75)/p+1/b20-18-,26-24-,46-44+,54-52+,62-60+. The number of hydrogen-bond acceptors (Lipinski definition) is 5. The highest BCUT2D eigenvalue weighted by molar-refractivity contribution is 7.47. The van der Waals surface area contributed by atoms with Gasteiger partial charge in [0.05, 0.1) is 39.9 Å². The summed E-state index contributed by atoms with van der Waals surface area (Å²) in [7, 11) is 1.56. The van der Waals surface area contributed by atoms with Crippen molar-refractivity contribution in [1.29, 1.82) is 0 Å². The predicted octanol–water partition coefficient (Wildman–Crippen LogP) is 21.2. The number of nitrogens with zero attached hydrogens (tertiary/aromatic N) is 1. The lowest BCUT2D eigenvalue weighted by molar-refractivity contribution is -0.870. The summed E-state index contributed by atoms with van der Waals surface area (Å²) in [6, 6.07) is -0.871. The smallest absolute Gasteiger partial charge is 0.387 e. The molecule has 0 rings (SSSR count). The van der Waals surface area contributed by atoms with Gasteiger partial charge >= 0.3 is 7.82 Å². The molecule has 0 radical (unpaired) electrons. The fraction of sp³-hybridized carbons (Fsp3) is 0.841. The Labute approximate surface area is 485 Å². The Bertz CT molecular complexity index is 1450. The van der Waals surface area contributed by atoms with Gasteiger partial charge in [0.25, 0.3) is 0 Å². The number of likely N-dealkylation sites (N-methyl/N-ethyl adjacent to an activating group) is 1. The third-order valence-corrected chi connectivity index (χ3v) is 16.2. The molecule has 0 fully saturated rings. The van der Waals surface area contributed by atoms with Crippen molar-refractivity contribution in [2.45, 2.75) is 334 Å². The lowest BCUT2D eigenvalue weighted by Gasteiger charge is -2.25. The fourth-order valence-corrected chi connectivity index (χ4v) is 10.7. The van der Waals surface area contributed by atoms with E-state index in [0.29, 0.717) is 17.4 Å². The van der Waals surface area contributed by atoms with Crippen LogP contribution in [0, 0.1) is 0 Å². The number of amides is 1. The molecule has 0 aromatic heterocycles. The highest BCUT2D eigenvalue weighted by Crippen LogP contribution is 2.43. The molecule has 0 aromatic carbocycles. The van der Waals surface area contributed by atoms with Crippen LogP contribution in [0.5, 0.6) is 0 Å². The second-order valence-electron chi connectivity index (χ2n) is 24.2. The highest BCUT2D eigenvalue weighted by atomic mass is 31.2. The van der Waals surface area contributed by atoms with E-state index in [1.165, 1.54) is 250 Å². The molecule has 0 aromatic rings. The quantitative estimate of drug-likeness (QED) is 0.0243. The molecule has 0 spiro atoms. The van der Waals surface area contributed by atoms with Gasteiger partial charge in [0.1, 0.15) is 13.2 Å². The van der Waals surface area contributed by atoms with Crippen molar-refractivity contribution < 1.29 is 32.9 Å². The molecule has 0 bridgehead atoms. The number of carbonyl (C=O) groups is 1. The van der Waals surface area contributed by atoms with E-state index in [1.54, 1.807) is 6.08 Å². The van der Waals surface area contributed by atoms with Gasteiger partial charge in [-0.3, -0.25) is 13.8 Å². The monoisotopic (exact) mass is 1120 g/mol. The molecular weight excluding hydrogens is 984 g/mol. The number of phosphoric ester groups is 1. The van der Waals surface area contributed by atoms with Crippen LogP contribution in [0.2, 0.25) is 0 Å². The first kappa shape index (κ1) is 76.2. The number of carbonyl (C=O) groups excluding carboxylic acids is 1. The molecule has 458 valence electrons. The minimum absolute atomic E-state index is 0.0538. The van der Waals surface area contributed by atoms with Crippen molar-refractivity contribution in [3.8, 4) is 0 Å². The Morgan fingerprint density at radius 2 is 0.744 bits per heavy atom. The van der Waals surface area contributed by atoms with Crippen LogP contribution in [-0.2, 0) is 18.4 Å². The SMILES string of the molecule is CCCCCCC/C=C\C/C=C\CCCCCCCCCCCCCCCCCCCCCCCCCC(=O)NC(COP(=O)(O)OCC[N+](C)(C)C)C(O)/C=C/CC/C=C/CC/C=C/CCCCCCCCCCCCC. The topological polar surface area (TPSA) is 105 Å². The number of phosphoric acid groups is 1. The maximum absolute atomic E-state index is 13.0. The Balaban J connectivity index is 4.06. The van der Waals surface area contributed by atoms with E-state index < -0.39 is 20.0 Å². The fourth-order valence-electron chi connectivity index (χ4n) is 9.93. The molecule has 0 aliphatic heterocycles.